The Balaban J connectivity index is 2.11. The first kappa shape index (κ1) is 11.3. The van der Waals surface area contributed by atoms with Crippen molar-refractivity contribution >= 4 is 0 Å². The molecule has 92 valence electrons. The molecule has 2 aromatic rings. The molecule has 0 aromatic heterocycles. The van der Waals surface area contributed by atoms with Crippen LogP contribution in [0, 0.1) is 0 Å². The summed E-state index contributed by atoms with van der Waals surface area (Å²) in [6.07, 6.45) is 1.07. The van der Waals surface area contributed by atoms with Gasteiger partial charge in [-0.25, -0.2) is 0 Å². The topological polar surface area (TPSA) is 21.3 Å². The number of methoxy groups -OCH3 is 1. The Morgan fingerprint density at radius 1 is 1.06 bits per heavy atom. The van der Waals surface area contributed by atoms with Crippen molar-refractivity contribution in [1.29, 1.82) is 0 Å². The Bertz CT molecular complexity index is 522. The van der Waals surface area contributed by atoms with Gasteiger partial charge in [-0.15, -0.1) is 0 Å². The van der Waals surface area contributed by atoms with Crippen molar-refractivity contribution in [3.8, 4) is 5.75 Å². The third-order valence-electron chi connectivity index (χ3n) is 3.54. The van der Waals surface area contributed by atoms with Gasteiger partial charge < -0.3 is 10.1 Å². The lowest BCUT2D eigenvalue weighted by Gasteiger charge is -2.29. The Morgan fingerprint density at radius 2 is 1.89 bits per heavy atom. The van der Waals surface area contributed by atoms with Crippen molar-refractivity contribution in [1.82, 2.24) is 5.32 Å². The van der Waals surface area contributed by atoms with Crippen molar-refractivity contribution in [3.05, 3.63) is 65.2 Å². The second-order valence-corrected chi connectivity index (χ2v) is 4.58. The summed E-state index contributed by atoms with van der Waals surface area (Å²) in [6.45, 7) is 1.01. The predicted molar refractivity (Wildman–Crippen MR) is 73.0 cm³/mol. The summed E-state index contributed by atoms with van der Waals surface area (Å²) in [5, 5.41) is 3.59. The highest BCUT2D eigenvalue weighted by Crippen LogP contribution is 2.35. The molecule has 0 saturated heterocycles. The fourth-order valence-electron chi connectivity index (χ4n) is 2.70. The van der Waals surface area contributed by atoms with E-state index in [0.717, 1.165) is 18.7 Å². The molecule has 1 aliphatic rings. The molecule has 2 heteroatoms. The van der Waals surface area contributed by atoms with Gasteiger partial charge in [0, 0.05) is 12.1 Å². The molecular weight excluding hydrogens is 222 g/mol. The number of hydrogen-bond donors (Lipinski definition) is 1. The van der Waals surface area contributed by atoms with Crippen LogP contribution < -0.4 is 10.1 Å². The van der Waals surface area contributed by atoms with Crippen molar-refractivity contribution in [2.24, 2.45) is 0 Å². The molecule has 3 rings (SSSR count). The average Bonchev–Trinajstić information content (AvgIpc) is 2.47. The number of ether oxygens (including phenoxy) is 1. The summed E-state index contributed by atoms with van der Waals surface area (Å²) in [6, 6.07) is 17.1. The molecule has 2 aromatic carbocycles. The van der Waals surface area contributed by atoms with Gasteiger partial charge in [-0.2, -0.15) is 0 Å². The van der Waals surface area contributed by atoms with E-state index in [1.54, 1.807) is 7.11 Å². The zero-order chi connectivity index (χ0) is 12.4. The Hall–Kier alpha value is -1.80. The van der Waals surface area contributed by atoms with E-state index in [9.17, 15) is 0 Å². The molecule has 1 atom stereocenters. The Morgan fingerprint density at radius 3 is 2.67 bits per heavy atom. The molecule has 18 heavy (non-hydrogen) atoms. The lowest BCUT2D eigenvalue weighted by molar-refractivity contribution is 0.399. The van der Waals surface area contributed by atoms with Crippen LogP contribution in [0.4, 0.5) is 0 Å². The van der Waals surface area contributed by atoms with E-state index < -0.39 is 0 Å². The zero-order valence-electron chi connectivity index (χ0n) is 10.5. The van der Waals surface area contributed by atoms with E-state index >= 15 is 0 Å². The highest BCUT2D eigenvalue weighted by Gasteiger charge is 2.24. The molecule has 0 bridgehead atoms. The van der Waals surface area contributed by atoms with E-state index in [1.807, 2.05) is 6.07 Å². The van der Waals surface area contributed by atoms with E-state index in [2.05, 4.69) is 47.8 Å². The molecule has 1 N–H and O–H groups in total. The lowest BCUT2D eigenvalue weighted by atomic mass is 9.89. The van der Waals surface area contributed by atoms with Crippen LogP contribution in [0.15, 0.2) is 48.5 Å². The van der Waals surface area contributed by atoms with Crippen molar-refractivity contribution < 1.29 is 4.74 Å². The van der Waals surface area contributed by atoms with Crippen LogP contribution in [-0.2, 0) is 6.42 Å². The van der Waals surface area contributed by atoms with Gasteiger partial charge >= 0.3 is 0 Å². The molecule has 2 nitrogen and oxygen atoms in total. The third-order valence-corrected chi connectivity index (χ3v) is 3.54. The van der Waals surface area contributed by atoms with Crippen LogP contribution >= 0.6 is 0 Å². The summed E-state index contributed by atoms with van der Waals surface area (Å²) in [5.41, 5.74) is 3.97. The molecular formula is C16H17NO. The molecule has 0 amide bonds. The van der Waals surface area contributed by atoms with E-state index in [1.165, 1.54) is 16.7 Å². The first-order chi connectivity index (χ1) is 8.90. The van der Waals surface area contributed by atoms with Crippen LogP contribution in [0.25, 0.3) is 0 Å². The summed E-state index contributed by atoms with van der Waals surface area (Å²) in [4.78, 5) is 0. The summed E-state index contributed by atoms with van der Waals surface area (Å²) >= 11 is 0. The van der Waals surface area contributed by atoms with E-state index in [4.69, 9.17) is 4.74 Å². The van der Waals surface area contributed by atoms with Crippen molar-refractivity contribution in [2.45, 2.75) is 12.5 Å². The summed E-state index contributed by atoms with van der Waals surface area (Å²) < 4.78 is 5.52. The van der Waals surface area contributed by atoms with Gasteiger partial charge in [0.2, 0.25) is 0 Å². The van der Waals surface area contributed by atoms with Crippen molar-refractivity contribution in [3.63, 3.8) is 0 Å². The number of benzene rings is 2. The number of hydrogen-bond acceptors (Lipinski definition) is 2. The van der Waals surface area contributed by atoms with Gasteiger partial charge in [-0.3, -0.25) is 0 Å². The quantitative estimate of drug-likeness (QED) is 0.870. The largest absolute Gasteiger partial charge is 0.496 e. The maximum Gasteiger partial charge on any atom is 0.124 e. The van der Waals surface area contributed by atoms with Crippen molar-refractivity contribution in [2.75, 3.05) is 13.7 Å². The number of rotatable bonds is 2. The van der Waals surface area contributed by atoms with Gasteiger partial charge in [0.05, 0.1) is 13.2 Å². The van der Waals surface area contributed by atoms with Crippen LogP contribution in [0.2, 0.25) is 0 Å². The first-order valence-electron chi connectivity index (χ1n) is 6.34. The predicted octanol–water partition coefficient (Wildman–Crippen LogP) is 2.93. The zero-order valence-corrected chi connectivity index (χ0v) is 10.5. The van der Waals surface area contributed by atoms with Crippen LogP contribution in [0.5, 0.6) is 5.75 Å². The van der Waals surface area contributed by atoms with Gasteiger partial charge in [0.1, 0.15) is 5.75 Å². The minimum absolute atomic E-state index is 0.242. The Labute approximate surface area is 108 Å². The average molecular weight is 239 g/mol. The second kappa shape index (κ2) is 4.83. The fraction of sp³-hybridized carbons (Fsp3) is 0.250. The molecule has 0 unspecified atom stereocenters. The number of fused-ring (bicyclic) bond motifs is 1. The maximum absolute atomic E-state index is 5.52. The third kappa shape index (κ3) is 1.89. The van der Waals surface area contributed by atoms with Crippen LogP contribution in [0.3, 0.4) is 0 Å². The van der Waals surface area contributed by atoms with E-state index in [-0.39, 0.29) is 6.04 Å². The molecule has 0 aliphatic carbocycles. The molecule has 1 heterocycles. The Kier molecular flexibility index (Phi) is 3.03. The monoisotopic (exact) mass is 239 g/mol. The molecule has 1 aliphatic heterocycles. The summed E-state index contributed by atoms with van der Waals surface area (Å²) in [5.74, 6) is 0.980. The molecule has 0 saturated carbocycles. The van der Waals surface area contributed by atoms with Gasteiger partial charge in [0.15, 0.2) is 0 Å². The SMILES string of the molecule is COc1cccc2c1[C@H](c1ccccc1)NCC2. The molecule has 0 radical (unpaired) electrons. The highest BCUT2D eigenvalue weighted by molar-refractivity contribution is 5.48. The van der Waals surface area contributed by atoms with E-state index in [0.29, 0.717) is 0 Å². The minimum Gasteiger partial charge on any atom is -0.496 e. The van der Waals surface area contributed by atoms with Crippen LogP contribution in [0.1, 0.15) is 22.7 Å². The maximum atomic E-state index is 5.52. The smallest absolute Gasteiger partial charge is 0.124 e. The summed E-state index contributed by atoms with van der Waals surface area (Å²) in [7, 11) is 1.74. The fourth-order valence-corrected chi connectivity index (χ4v) is 2.70. The number of nitrogens with one attached hydrogen (secondary N) is 1. The lowest BCUT2D eigenvalue weighted by Crippen LogP contribution is -2.30. The second-order valence-electron chi connectivity index (χ2n) is 4.58. The minimum atomic E-state index is 0.242. The highest BCUT2D eigenvalue weighted by atomic mass is 16.5. The molecule has 0 fully saturated rings. The normalized spacial score (nSPS) is 18.2. The standard InChI is InChI=1S/C16H17NO/c1-18-14-9-5-8-12-10-11-17-16(15(12)14)13-6-3-2-4-7-13/h2-9,16-17H,10-11H2,1H3/t16-/m0/s1. The van der Waals surface area contributed by atoms with Crippen LogP contribution in [-0.4, -0.2) is 13.7 Å². The van der Waals surface area contributed by atoms with Gasteiger partial charge in [0.25, 0.3) is 0 Å². The first-order valence-corrected chi connectivity index (χ1v) is 6.34. The molecule has 0 spiro atoms. The van der Waals surface area contributed by atoms with Gasteiger partial charge in [-0.1, -0.05) is 42.5 Å². The van der Waals surface area contributed by atoms with Gasteiger partial charge in [-0.05, 0) is 23.6 Å².